The Bertz CT molecular complexity index is 577. The van der Waals surface area contributed by atoms with Gasteiger partial charge in [-0.3, -0.25) is 9.89 Å². The fraction of sp³-hybridized carbons (Fsp3) is 0.650. The smallest absolute Gasteiger partial charge is 0.188 e. The fourth-order valence-electron chi connectivity index (χ4n) is 3.43. The number of hydrogen-bond acceptors (Lipinski definition) is 4. The summed E-state index contributed by atoms with van der Waals surface area (Å²) < 4.78 is 10.9. The van der Waals surface area contributed by atoms with Crippen molar-refractivity contribution in [3.63, 3.8) is 0 Å². The van der Waals surface area contributed by atoms with Gasteiger partial charge in [0.1, 0.15) is 0 Å². The van der Waals surface area contributed by atoms with Crippen LogP contribution in [0, 0.1) is 0 Å². The highest BCUT2D eigenvalue weighted by atomic mass is 16.5. The van der Waals surface area contributed by atoms with Crippen LogP contribution in [0.3, 0.4) is 0 Å². The predicted molar refractivity (Wildman–Crippen MR) is 107 cm³/mol. The first-order valence-corrected chi connectivity index (χ1v) is 9.75. The van der Waals surface area contributed by atoms with E-state index in [0.29, 0.717) is 18.6 Å². The third kappa shape index (κ3) is 6.09. The highest BCUT2D eigenvalue weighted by molar-refractivity contribution is 5.77. The molecule has 1 aliphatic rings. The van der Waals surface area contributed by atoms with E-state index in [0.717, 1.165) is 44.0 Å². The number of likely N-dealkylation sites (N-methyl/N-ethyl adjacent to an activating group) is 1. The molecule has 1 atom stereocenters. The van der Waals surface area contributed by atoms with E-state index in [-0.39, 0.29) is 0 Å². The summed E-state index contributed by atoms with van der Waals surface area (Å²) in [5.74, 6) is 2.13. The molecule has 6 heteroatoms. The number of guanidine groups is 1. The van der Waals surface area contributed by atoms with Crippen molar-refractivity contribution in [2.75, 3.05) is 39.9 Å². The highest BCUT2D eigenvalue weighted by Crippen LogP contribution is 2.28. The van der Waals surface area contributed by atoms with Crippen molar-refractivity contribution in [2.45, 2.75) is 45.6 Å². The molecule has 1 aliphatic heterocycles. The highest BCUT2D eigenvalue weighted by Gasteiger charge is 2.22. The molecule has 1 aromatic rings. The number of methoxy groups -OCH3 is 1. The molecule has 0 bridgehead atoms. The van der Waals surface area contributed by atoms with Crippen molar-refractivity contribution in [1.29, 1.82) is 0 Å². The second-order valence-electron chi connectivity index (χ2n) is 6.60. The summed E-state index contributed by atoms with van der Waals surface area (Å²) in [7, 11) is 1.66. The van der Waals surface area contributed by atoms with E-state index in [1.165, 1.54) is 24.9 Å². The summed E-state index contributed by atoms with van der Waals surface area (Å²) >= 11 is 0. The number of hydrogen-bond donors (Lipinski definition) is 2. The molecular formula is C20H34N4O2. The normalized spacial score (nSPS) is 18.1. The zero-order chi connectivity index (χ0) is 18.8. The standard InChI is InChI=1S/C20H34N4O2/c1-4-24-13-7-9-17(24)15-23-20(21)22-12-6-8-16-10-11-18(25-3)19(14-16)26-5-2/h10-11,14,17H,4-9,12-13,15H2,1-3H3,(H3,21,22,23). The van der Waals surface area contributed by atoms with Crippen LogP contribution >= 0.6 is 0 Å². The molecule has 1 unspecified atom stereocenters. The molecule has 0 aliphatic carbocycles. The molecule has 1 aromatic carbocycles. The third-order valence-corrected chi connectivity index (χ3v) is 4.85. The number of likely N-dealkylation sites (tertiary alicyclic amines) is 1. The maximum absolute atomic E-state index is 6.00. The van der Waals surface area contributed by atoms with Gasteiger partial charge >= 0.3 is 0 Å². The second kappa shape index (κ2) is 10.9. The number of ether oxygens (including phenoxy) is 2. The van der Waals surface area contributed by atoms with E-state index >= 15 is 0 Å². The van der Waals surface area contributed by atoms with Crippen LogP contribution in [-0.2, 0) is 6.42 Å². The first-order chi connectivity index (χ1) is 12.7. The van der Waals surface area contributed by atoms with Crippen LogP contribution < -0.4 is 20.5 Å². The van der Waals surface area contributed by atoms with E-state index in [1.54, 1.807) is 7.11 Å². The Morgan fingerprint density at radius 1 is 1.35 bits per heavy atom. The van der Waals surface area contributed by atoms with Gasteiger partial charge in [0.2, 0.25) is 0 Å². The minimum absolute atomic E-state index is 0.552. The molecule has 1 heterocycles. The number of benzene rings is 1. The number of nitrogens with zero attached hydrogens (tertiary/aromatic N) is 2. The number of rotatable bonds is 10. The summed E-state index contributed by atoms with van der Waals surface area (Å²) in [5.41, 5.74) is 7.24. The monoisotopic (exact) mass is 362 g/mol. The zero-order valence-corrected chi connectivity index (χ0v) is 16.5. The largest absolute Gasteiger partial charge is 0.493 e. The third-order valence-electron chi connectivity index (χ3n) is 4.85. The van der Waals surface area contributed by atoms with E-state index in [2.05, 4.69) is 34.3 Å². The Balaban J connectivity index is 1.72. The minimum atomic E-state index is 0.552. The van der Waals surface area contributed by atoms with E-state index < -0.39 is 0 Å². The molecule has 0 spiro atoms. The zero-order valence-electron chi connectivity index (χ0n) is 16.5. The van der Waals surface area contributed by atoms with Gasteiger partial charge in [0.15, 0.2) is 17.5 Å². The second-order valence-corrected chi connectivity index (χ2v) is 6.60. The van der Waals surface area contributed by atoms with Crippen LogP contribution in [0.25, 0.3) is 0 Å². The SMILES string of the molecule is CCOc1cc(CCCNC(N)=NCC2CCCN2CC)ccc1OC. The molecule has 0 aromatic heterocycles. The first kappa shape index (κ1) is 20.4. The Hall–Kier alpha value is -1.95. The van der Waals surface area contributed by atoms with Gasteiger partial charge in [-0.15, -0.1) is 0 Å². The number of nitrogens with two attached hydrogens (primary N) is 1. The van der Waals surface area contributed by atoms with Crippen molar-refractivity contribution < 1.29 is 9.47 Å². The summed E-state index contributed by atoms with van der Waals surface area (Å²) in [6, 6.07) is 6.65. The van der Waals surface area contributed by atoms with Gasteiger partial charge in [0.05, 0.1) is 20.3 Å². The van der Waals surface area contributed by atoms with Crippen LogP contribution in [0.4, 0.5) is 0 Å². The van der Waals surface area contributed by atoms with Crippen molar-refractivity contribution in [1.82, 2.24) is 10.2 Å². The molecule has 146 valence electrons. The van der Waals surface area contributed by atoms with Crippen LogP contribution in [0.1, 0.15) is 38.7 Å². The van der Waals surface area contributed by atoms with E-state index in [9.17, 15) is 0 Å². The topological polar surface area (TPSA) is 72.1 Å². The molecule has 1 fully saturated rings. The Morgan fingerprint density at radius 2 is 2.19 bits per heavy atom. The average Bonchev–Trinajstić information content (AvgIpc) is 3.11. The Kier molecular flexibility index (Phi) is 8.54. The predicted octanol–water partition coefficient (Wildman–Crippen LogP) is 2.42. The summed E-state index contributed by atoms with van der Waals surface area (Å²) in [6.45, 7) is 8.71. The van der Waals surface area contributed by atoms with Gasteiger partial charge < -0.3 is 20.5 Å². The molecule has 6 nitrogen and oxygen atoms in total. The molecule has 1 saturated heterocycles. The average molecular weight is 363 g/mol. The van der Waals surface area contributed by atoms with E-state index in [1.807, 2.05) is 13.0 Å². The van der Waals surface area contributed by atoms with Crippen LogP contribution in [-0.4, -0.2) is 56.8 Å². The van der Waals surface area contributed by atoms with Crippen LogP contribution in [0.15, 0.2) is 23.2 Å². The quantitative estimate of drug-likeness (QED) is 0.380. The minimum Gasteiger partial charge on any atom is -0.493 e. The van der Waals surface area contributed by atoms with Gasteiger partial charge in [-0.2, -0.15) is 0 Å². The fourth-order valence-corrected chi connectivity index (χ4v) is 3.43. The lowest BCUT2D eigenvalue weighted by Crippen LogP contribution is -2.36. The van der Waals surface area contributed by atoms with Crippen molar-refractivity contribution in [3.05, 3.63) is 23.8 Å². The molecule has 0 saturated carbocycles. The lowest BCUT2D eigenvalue weighted by Gasteiger charge is -2.20. The summed E-state index contributed by atoms with van der Waals surface area (Å²) in [6.07, 6.45) is 4.44. The molecular weight excluding hydrogens is 328 g/mol. The van der Waals surface area contributed by atoms with Crippen molar-refractivity contribution >= 4 is 5.96 Å². The maximum atomic E-state index is 6.00. The van der Waals surface area contributed by atoms with Crippen molar-refractivity contribution in [3.8, 4) is 11.5 Å². The Morgan fingerprint density at radius 3 is 2.92 bits per heavy atom. The molecule has 26 heavy (non-hydrogen) atoms. The number of aliphatic imine (C=N–C) groups is 1. The maximum Gasteiger partial charge on any atom is 0.188 e. The molecule has 0 radical (unpaired) electrons. The molecule has 2 rings (SSSR count). The van der Waals surface area contributed by atoms with Crippen LogP contribution in [0.5, 0.6) is 11.5 Å². The summed E-state index contributed by atoms with van der Waals surface area (Å²) in [4.78, 5) is 7.00. The molecule has 3 N–H and O–H groups in total. The van der Waals surface area contributed by atoms with Crippen LogP contribution in [0.2, 0.25) is 0 Å². The number of aryl methyl sites for hydroxylation is 1. The van der Waals surface area contributed by atoms with Gasteiger partial charge in [0.25, 0.3) is 0 Å². The lowest BCUT2D eigenvalue weighted by atomic mass is 10.1. The van der Waals surface area contributed by atoms with Gasteiger partial charge in [-0.1, -0.05) is 13.0 Å². The lowest BCUT2D eigenvalue weighted by molar-refractivity contribution is 0.273. The van der Waals surface area contributed by atoms with E-state index in [4.69, 9.17) is 15.2 Å². The Labute approximate surface area is 157 Å². The van der Waals surface area contributed by atoms with Crippen molar-refractivity contribution in [2.24, 2.45) is 10.7 Å². The number of nitrogens with one attached hydrogen (secondary N) is 1. The molecule has 0 amide bonds. The van der Waals surface area contributed by atoms with Gasteiger partial charge in [-0.05, 0) is 63.4 Å². The summed E-state index contributed by atoms with van der Waals surface area (Å²) in [5, 5.41) is 3.23. The van der Waals surface area contributed by atoms with Gasteiger partial charge in [-0.25, -0.2) is 0 Å². The first-order valence-electron chi connectivity index (χ1n) is 9.75. The van der Waals surface area contributed by atoms with Gasteiger partial charge in [0, 0.05) is 12.6 Å².